The van der Waals surface area contributed by atoms with Crippen molar-refractivity contribution in [1.82, 2.24) is 9.88 Å². The van der Waals surface area contributed by atoms with Gasteiger partial charge in [-0.2, -0.15) is 0 Å². The van der Waals surface area contributed by atoms with Crippen molar-refractivity contribution in [2.75, 3.05) is 13.1 Å². The Kier molecular flexibility index (Phi) is 2.69. The number of piperidine rings is 1. The molecule has 0 saturated carbocycles. The Hall–Kier alpha value is -1.39. The molecule has 1 saturated heterocycles. The number of nitrogens with zero attached hydrogens (tertiary/aromatic N) is 1. The fraction of sp³-hybridized carbons (Fsp3) is 0.545. The summed E-state index contributed by atoms with van der Waals surface area (Å²) < 4.78 is 26.9. The molecule has 1 aliphatic rings. The minimum absolute atomic E-state index is 0.347. The summed E-state index contributed by atoms with van der Waals surface area (Å²) in [5, 5.41) is 0. The van der Waals surface area contributed by atoms with Gasteiger partial charge in [0.2, 0.25) is 0 Å². The van der Waals surface area contributed by atoms with Gasteiger partial charge in [0.05, 0.1) is 6.54 Å². The van der Waals surface area contributed by atoms with Crippen molar-refractivity contribution in [3.8, 4) is 0 Å². The van der Waals surface area contributed by atoms with E-state index in [0.717, 1.165) is 0 Å². The molecular formula is C11H14F2N2O. The molecule has 5 heteroatoms. The lowest BCUT2D eigenvalue weighted by molar-refractivity contribution is -0.0958. The molecule has 1 aromatic heterocycles. The first-order valence-corrected chi connectivity index (χ1v) is 5.31. The molecule has 1 N–H and O–H groups in total. The van der Waals surface area contributed by atoms with Crippen LogP contribution in [0.4, 0.5) is 8.78 Å². The summed E-state index contributed by atoms with van der Waals surface area (Å²) in [6.07, 6.45) is 1.96. The highest BCUT2D eigenvalue weighted by atomic mass is 19.3. The molecular weight excluding hydrogens is 214 g/mol. The van der Waals surface area contributed by atoms with E-state index < -0.39 is 18.4 Å². The SMILES string of the molecule is C[C@H]1CCN(C(=O)c2ccc[nH]2)CC1(F)F. The lowest BCUT2D eigenvalue weighted by atomic mass is 9.95. The number of alkyl halides is 2. The fourth-order valence-electron chi connectivity index (χ4n) is 1.86. The number of carbonyl (C=O) groups is 1. The Morgan fingerprint density at radius 2 is 2.38 bits per heavy atom. The van der Waals surface area contributed by atoms with Gasteiger partial charge >= 0.3 is 0 Å². The number of hydrogen-bond acceptors (Lipinski definition) is 1. The summed E-state index contributed by atoms with van der Waals surface area (Å²) in [7, 11) is 0. The first kappa shape index (κ1) is 11.1. The highest BCUT2D eigenvalue weighted by Crippen LogP contribution is 2.32. The van der Waals surface area contributed by atoms with E-state index in [0.29, 0.717) is 18.7 Å². The van der Waals surface area contributed by atoms with Crippen LogP contribution in [0.2, 0.25) is 0 Å². The van der Waals surface area contributed by atoms with Crippen LogP contribution < -0.4 is 0 Å². The van der Waals surface area contributed by atoms with Gasteiger partial charge in [0.25, 0.3) is 11.8 Å². The number of carbonyl (C=O) groups excluding carboxylic acids is 1. The second-order valence-corrected chi connectivity index (χ2v) is 4.26. The summed E-state index contributed by atoms with van der Waals surface area (Å²) in [6.45, 7) is 1.44. The number of hydrogen-bond donors (Lipinski definition) is 1. The van der Waals surface area contributed by atoms with Gasteiger partial charge in [-0.1, -0.05) is 6.92 Å². The van der Waals surface area contributed by atoms with Crippen LogP contribution >= 0.6 is 0 Å². The van der Waals surface area contributed by atoms with Crippen molar-refractivity contribution in [3.63, 3.8) is 0 Å². The average Bonchev–Trinajstić information content (AvgIpc) is 2.74. The summed E-state index contributed by atoms with van der Waals surface area (Å²) in [6, 6.07) is 3.27. The summed E-state index contributed by atoms with van der Waals surface area (Å²) in [5.74, 6) is -3.78. The standard InChI is InChI=1S/C11H14F2N2O/c1-8-4-6-15(7-11(8,12)13)10(16)9-3-2-5-14-9/h2-3,5,8,14H,4,6-7H2,1H3/t8-/m0/s1. The fourth-order valence-corrected chi connectivity index (χ4v) is 1.86. The number of H-pyrrole nitrogens is 1. The van der Waals surface area contributed by atoms with Crippen LogP contribution in [0.25, 0.3) is 0 Å². The van der Waals surface area contributed by atoms with Gasteiger partial charge in [-0.15, -0.1) is 0 Å². The van der Waals surface area contributed by atoms with E-state index in [1.54, 1.807) is 18.3 Å². The van der Waals surface area contributed by atoms with Crippen LogP contribution in [0, 0.1) is 5.92 Å². The third-order valence-electron chi connectivity index (χ3n) is 3.07. The molecule has 3 nitrogen and oxygen atoms in total. The highest BCUT2D eigenvalue weighted by molar-refractivity contribution is 5.92. The van der Waals surface area contributed by atoms with Crippen LogP contribution in [-0.4, -0.2) is 34.8 Å². The zero-order chi connectivity index (χ0) is 11.8. The molecule has 0 bridgehead atoms. The van der Waals surface area contributed by atoms with E-state index in [1.165, 1.54) is 11.8 Å². The topological polar surface area (TPSA) is 36.1 Å². The molecule has 1 aliphatic heterocycles. The molecule has 1 aromatic rings. The molecule has 2 heterocycles. The van der Waals surface area contributed by atoms with Crippen molar-refractivity contribution >= 4 is 5.91 Å². The van der Waals surface area contributed by atoms with E-state index in [1.807, 2.05) is 0 Å². The van der Waals surface area contributed by atoms with Crippen LogP contribution in [0.15, 0.2) is 18.3 Å². The Bertz CT molecular complexity index is 375. The number of aromatic amines is 1. The van der Waals surface area contributed by atoms with Gasteiger partial charge in [-0.05, 0) is 18.6 Å². The molecule has 1 amide bonds. The predicted octanol–water partition coefficient (Wildman–Crippen LogP) is 2.13. The average molecular weight is 228 g/mol. The Balaban J connectivity index is 2.10. The van der Waals surface area contributed by atoms with Crippen LogP contribution in [-0.2, 0) is 0 Å². The van der Waals surface area contributed by atoms with E-state index in [-0.39, 0.29) is 5.91 Å². The van der Waals surface area contributed by atoms with Gasteiger partial charge in [0, 0.05) is 18.7 Å². The highest BCUT2D eigenvalue weighted by Gasteiger charge is 2.43. The number of nitrogens with one attached hydrogen (secondary N) is 1. The third-order valence-corrected chi connectivity index (χ3v) is 3.07. The second-order valence-electron chi connectivity index (χ2n) is 4.26. The molecule has 1 fully saturated rings. The molecule has 0 aliphatic carbocycles. The first-order chi connectivity index (χ1) is 7.50. The number of amides is 1. The predicted molar refractivity (Wildman–Crippen MR) is 55.4 cm³/mol. The van der Waals surface area contributed by atoms with Gasteiger partial charge < -0.3 is 9.88 Å². The minimum atomic E-state index is -2.78. The zero-order valence-corrected chi connectivity index (χ0v) is 9.04. The first-order valence-electron chi connectivity index (χ1n) is 5.31. The van der Waals surface area contributed by atoms with E-state index in [4.69, 9.17) is 0 Å². The van der Waals surface area contributed by atoms with Gasteiger partial charge in [-0.3, -0.25) is 4.79 Å². The molecule has 0 unspecified atom stereocenters. The van der Waals surface area contributed by atoms with Crippen molar-refractivity contribution in [2.45, 2.75) is 19.3 Å². The zero-order valence-electron chi connectivity index (χ0n) is 9.04. The summed E-state index contributed by atoms with van der Waals surface area (Å²) in [5.41, 5.74) is 0.366. The normalized spacial score (nSPS) is 24.4. The molecule has 2 rings (SSSR count). The van der Waals surface area contributed by atoms with Crippen molar-refractivity contribution in [3.05, 3.63) is 24.0 Å². The molecule has 0 aromatic carbocycles. The van der Waals surface area contributed by atoms with E-state index >= 15 is 0 Å². The van der Waals surface area contributed by atoms with Gasteiger partial charge in [0.15, 0.2) is 0 Å². The summed E-state index contributed by atoms with van der Waals surface area (Å²) >= 11 is 0. The Morgan fingerprint density at radius 3 is 2.94 bits per heavy atom. The van der Waals surface area contributed by atoms with Crippen molar-refractivity contribution < 1.29 is 13.6 Å². The Labute approximate surface area is 92.4 Å². The van der Waals surface area contributed by atoms with E-state index in [2.05, 4.69) is 4.98 Å². The maximum Gasteiger partial charge on any atom is 0.270 e. The van der Waals surface area contributed by atoms with Crippen molar-refractivity contribution in [2.24, 2.45) is 5.92 Å². The van der Waals surface area contributed by atoms with Crippen LogP contribution in [0.3, 0.4) is 0 Å². The lowest BCUT2D eigenvalue weighted by Crippen LogP contribution is -2.49. The smallest absolute Gasteiger partial charge is 0.270 e. The quantitative estimate of drug-likeness (QED) is 0.785. The van der Waals surface area contributed by atoms with Crippen LogP contribution in [0.5, 0.6) is 0 Å². The number of aromatic nitrogens is 1. The second kappa shape index (κ2) is 3.88. The largest absolute Gasteiger partial charge is 0.357 e. The molecule has 16 heavy (non-hydrogen) atoms. The molecule has 0 spiro atoms. The third kappa shape index (κ3) is 1.94. The minimum Gasteiger partial charge on any atom is -0.357 e. The number of rotatable bonds is 1. The molecule has 88 valence electrons. The van der Waals surface area contributed by atoms with Gasteiger partial charge in [0.1, 0.15) is 5.69 Å². The number of halogens is 2. The lowest BCUT2D eigenvalue weighted by Gasteiger charge is -2.36. The van der Waals surface area contributed by atoms with Crippen molar-refractivity contribution in [1.29, 1.82) is 0 Å². The van der Waals surface area contributed by atoms with Gasteiger partial charge in [-0.25, -0.2) is 8.78 Å². The Morgan fingerprint density at radius 1 is 1.62 bits per heavy atom. The van der Waals surface area contributed by atoms with E-state index in [9.17, 15) is 13.6 Å². The molecule has 0 radical (unpaired) electrons. The monoisotopic (exact) mass is 228 g/mol. The maximum atomic E-state index is 13.4. The maximum absolute atomic E-state index is 13.4. The van der Waals surface area contributed by atoms with Crippen LogP contribution in [0.1, 0.15) is 23.8 Å². The number of likely N-dealkylation sites (tertiary alicyclic amines) is 1. The summed E-state index contributed by atoms with van der Waals surface area (Å²) in [4.78, 5) is 15.8. The molecule has 1 atom stereocenters.